The van der Waals surface area contributed by atoms with Gasteiger partial charge in [0.15, 0.2) is 0 Å². The van der Waals surface area contributed by atoms with Crippen LogP contribution in [0, 0.1) is 0 Å². The molecule has 0 atom stereocenters. The van der Waals surface area contributed by atoms with Gasteiger partial charge in [-0.25, -0.2) is 0 Å². The number of fused-ring (bicyclic) bond motifs is 2. The molecule has 10 aromatic rings. The van der Waals surface area contributed by atoms with E-state index >= 15 is 0 Å². The summed E-state index contributed by atoms with van der Waals surface area (Å²) in [5.74, 6) is 0. The first-order valence-electron chi connectivity index (χ1n) is 19.2. The van der Waals surface area contributed by atoms with Crippen LogP contribution in [0.3, 0.4) is 0 Å². The van der Waals surface area contributed by atoms with Crippen molar-refractivity contribution < 1.29 is 0 Å². The van der Waals surface area contributed by atoms with Crippen molar-refractivity contribution in [3.8, 4) is 78.0 Å². The molecule has 0 saturated carbocycles. The molecule has 9 aromatic carbocycles. The van der Waals surface area contributed by atoms with E-state index in [9.17, 15) is 0 Å². The molecule has 1 nitrogen and oxygen atoms in total. The Bertz CT molecular complexity index is 2870. The molecule has 262 valence electrons. The van der Waals surface area contributed by atoms with Crippen molar-refractivity contribution in [2.45, 2.75) is 0 Å². The maximum Gasteiger partial charge on any atom is 0.0702 e. The van der Waals surface area contributed by atoms with Gasteiger partial charge in [0.05, 0.1) is 5.69 Å². The van der Waals surface area contributed by atoms with Gasteiger partial charge in [-0.2, -0.15) is 0 Å². The van der Waals surface area contributed by atoms with Crippen molar-refractivity contribution in [1.82, 2.24) is 4.98 Å². The maximum absolute atomic E-state index is 4.67. The van der Waals surface area contributed by atoms with E-state index in [1.165, 1.54) is 88.3 Å². The summed E-state index contributed by atoms with van der Waals surface area (Å²) in [6.45, 7) is 0. The third kappa shape index (κ3) is 6.06. The summed E-state index contributed by atoms with van der Waals surface area (Å²) in [6.07, 6.45) is 1.86. The first-order valence-corrected chi connectivity index (χ1v) is 19.2. The van der Waals surface area contributed by atoms with Crippen molar-refractivity contribution in [2.24, 2.45) is 0 Å². The predicted molar refractivity (Wildman–Crippen MR) is 237 cm³/mol. The molecule has 0 aliphatic rings. The van der Waals surface area contributed by atoms with E-state index in [1.807, 2.05) is 18.3 Å². The summed E-state index contributed by atoms with van der Waals surface area (Å²) in [4.78, 5) is 4.67. The summed E-state index contributed by atoms with van der Waals surface area (Å²) in [7, 11) is 0. The minimum atomic E-state index is 0.970. The number of pyridine rings is 1. The van der Waals surface area contributed by atoms with Gasteiger partial charge >= 0.3 is 0 Å². The summed E-state index contributed by atoms with van der Waals surface area (Å²) >= 11 is 0. The summed E-state index contributed by atoms with van der Waals surface area (Å²) in [5, 5.41) is 4.92. The molecule has 0 amide bonds. The van der Waals surface area contributed by atoms with E-state index in [1.54, 1.807) is 0 Å². The van der Waals surface area contributed by atoms with Crippen molar-refractivity contribution in [3.05, 3.63) is 225 Å². The maximum atomic E-state index is 4.67. The van der Waals surface area contributed by atoms with E-state index in [0.29, 0.717) is 0 Å². The van der Waals surface area contributed by atoms with Crippen LogP contribution in [0.1, 0.15) is 0 Å². The molecular weight excluding hydrogens is 675 g/mol. The van der Waals surface area contributed by atoms with E-state index in [0.717, 1.165) is 11.3 Å². The minimum absolute atomic E-state index is 0.970. The van der Waals surface area contributed by atoms with Crippen LogP contribution in [0.2, 0.25) is 0 Å². The monoisotopic (exact) mass is 711 g/mol. The van der Waals surface area contributed by atoms with E-state index in [-0.39, 0.29) is 0 Å². The average molecular weight is 712 g/mol. The van der Waals surface area contributed by atoms with Crippen LogP contribution < -0.4 is 0 Å². The Morgan fingerprint density at radius 2 is 0.607 bits per heavy atom. The topological polar surface area (TPSA) is 12.9 Å². The molecule has 1 heterocycles. The molecule has 0 unspecified atom stereocenters. The summed E-state index contributed by atoms with van der Waals surface area (Å²) < 4.78 is 0. The zero-order chi connectivity index (χ0) is 37.3. The highest BCUT2D eigenvalue weighted by Gasteiger charge is 2.20. The molecule has 1 aromatic heterocycles. The van der Waals surface area contributed by atoms with Crippen LogP contribution in [-0.4, -0.2) is 4.98 Å². The Labute approximate surface area is 327 Å². The molecule has 0 aliphatic carbocycles. The largest absolute Gasteiger partial charge is 0.256 e. The number of benzene rings is 9. The number of hydrogen-bond acceptors (Lipinski definition) is 1. The van der Waals surface area contributed by atoms with Gasteiger partial charge in [0.25, 0.3) is 0 Å². The lowest BCUT2D eigenvalue weighted by molar-refractivity contribution is 1.33. The lowest BCUT2D eigenvalue weighted by atomic mass is 9.82. The van der Waals surface area contributed by atoms with Crippen LogP contribution in [0.25, 0.3) is 99.6 Å². The second kappa shape index (κ2) is 14.5. The molecule has 0 N–H and O–H groups in total. The van der Waals surface area contributed by atoms with Gasteiger partial charge in [0.2, 0.25) is 0 Å². The fourth-order valence-electron chi connectivity index (χ4n) is 8.39. The number of aromatic nitrogens is 1. The van der Waals surface area contributed by atoms with Crippen LogP contribution in [0.5, 0.6) is 0 Å². The van der Waals surface area contributed by atoms with Crippen LogP contribution in [0.15, 0.2) is 225 Å². The average Bonchev–Trinajstić information content (AvgIpc) is 3.29. The molecule has 56 heavy (non-hydrogen) atoms. The fraction of sp³-hybridized carbons (Fsp3) is 0. The molecular formula is C55H37N. The van der Waals surface area contributed by atoms with Crippen LogP contribution >= 0.6 is 0 Å². The Kier molecular flexibility index (Phi) is 8.59. The highest BCUT2D eigenvalue weighted by atomic mass is 14.7. The van der Waals surface area contributed by atoms with E-state index < -0.39 is 0 Å². The van der Waals surface area contributed by atoms with Crippen molar-refractivity contribution >= 4 is 21.5 Å². The normalized spacial score (nSPS) is 11.2. The SMILES string of the molecule is c1ccc(-c2cc(-c3ccccc3)c(-c3cccc(-c4c5ccccc5c(-c5cccc(-c6ccccn6)c5)c5ccccc45)c3)c(-c3ccccc3)c2)cc1. The molecule has 0 spiro atoms. The molecule has 1 heteroatoms. The summed E-state index contributed by atoms with van der Waals surface area (Å²) in [6, 6.07) is 79.0. The van der Waals surface area contributed by atoms with Gasteiger partial charge < -0.3 is 0 Å². The lowest BCUT2D eigenvalue weighted by Gasteiger charge is -2.21. The van der Waals surface area contributed by atoms with Gasteiger partial charge in [-0.15, -0.1) is 0 Å². The van der Waals surface area contributed by atoms with Gasteiger partial charge in [-0.1, -0.05) is 182 Å². The Balaban J connectivity index is 1.23. The molecule has 0 saturated heterocycles. The Morgan fingerprint density at radius 3 is 1.07 bits per heavy atom. The quantitative estimate of drug-likeness (QED) is 0.150. The first-order chi connectivity index (χ1) is 27.8. The zero-order valence-corrected chi connectivity index (χ0v) is 30.8. The smallest absolute Gasteiger partial charge is 0.0702 e. The number of hydrogen-bond donors (Lipinski definition) is 0. The molecule has 0 radical (unpaired) electrons. The Hall–Kier alpha value is -7.35. The number of rotatable bonds is 7. The van der Waals surface area contributed by atoms with Crippen molar-refractivity contribution in [1.29, 1.82) is 0 Å². The molecule has 10 rings (SSSR count). The van der Waals surface area contributed by atoms with E-state index in [2.05, 4.69) is 211 Å². The Morgan fingerprint density at radius 1 is 0.232 bits per heavy atom. The zero-order valence-electron chi connectivity index (χ0n) is 30.8. The molecule has 0 bridgehead atoms. The molecule has 0 fully saturated rings. The van der Waals surface area contributed by atoms with Gasteiger partial charge in [-0.05, 0) is 125 Å². The molecule has 0 aliphatic heterocycles. The van der Waals surface area contributed by atoms with Crippen LogP contribution in [0.4, 0.5) is 0 Å². The fourth-order valence-corrected chi connectivity index (χ4v) is 8.39. The third-order valence-corrected chi connectivity index (χ3v) is 10.9. The summed E-state index contributed by atoms with van der Waals surface area (Å²) in [5.41, 5.74) is 16.5. The highest BCUT2D eigenvalue weighted by molar-refractivity contribution is 6.21. The van der Waals surface area contributed by atoms with Gasteiger partial charge in [0, 0.05) is 11.8 Å². The highest BCUT2D eigenvalue weighted by Crippen LogP contribution is 2.47. The van der Waals surface area contributed by atoms with Gasteiger partial charge in [0.1, 0.15) is 0 Å². The second-order valence-corrected chi connectivity index (χ2v) is 14.3. The van der Waals surface area contributed by atoms with Crippen LogP contribution in [-0.2, 0) is 0 Å². The number of nitrogens with zero attached hydrogens (tertiary/aromatic N) is 1. The van der Waals surface area contributed by atoms with Crippen molar-refractivity contribution in [2.75, 3.05) is 0 Å². The van der Waals surface area contributed by atoms with Crippen molar-refractivity contribution in [3.63, 3.8) is 0 Å². The second-order valence-electron chi connectivity index (χ2n) is 14.3. The standard InChI is InChI=1S/C55H37N/c1-4-18-38(19-5-1)45-36-50(39-20-6-2-7-21-39)55(51(37-45)40-22-8-3-9-23-40)44-27-17-26-43(35-44)54-48-30-12-10-28-46(48)53(47-29-11-13-31-49(47)54)42-25-16-24-41(34-42)52-32-14-15-33-56-52/h1-37H. The first kappa shape index (κ1) is 33.2. The third-order valence-electron chi connectivity index (χ3n) is 10.9. The van der Waals surface area contributed by atoms with E-state index in [4.69, 9.17) is 0 Å². The van der Waals surface area contributed by atoms with Gasteiger partial charge in [-0.3, -0.25) is 4.98 Å². The lowest BCUT2D eigenvalue weighted by Crippen LogP contribution is -1.94. The predicted octanol–water partition coefficient (Wildman–Crippen LogP) is 15.1. The minimum Gasteiger partial charge on any atom is -0.256 e.